The number of nitrogens with one attached hydrogen (secondary N) is 1. The van der Waals surface area contributed by atoms with Gasteiger partial charge in [0, 0.05) is 38.5 Å². The predicted octanol–water partition coefficient (Wildman–Crippen LogP) is 2.54. The van der Waals surface area contributed by atoms with E-state index >= 15 is 0 Å². The summed E-state index contributed by atoms with van der Waals surface area (Å²) in [5, 5.41) is 13.5. The van der Waals surface area contributed by atoms with E-state index in [9.17, 15) is 5.11 Å². The lowest BCUT2D eigenvalue weighted by Gasteiger charge is -2.16. The van der Waals surface area contributed by atoms with E-state index < -0.39 is 0 Å². The summed E-state index contributed by atoms with van der Waals surface area (Å²) < 4.78 is 5.15. The Morgan fingerprint density at radius 1 is 1.32 bits per heavy atom. The number of aryl methyl sites for hydroxylation is 1. The lowest BCUT2D eigenvalue weighted by molar-refractivity contribution is 0.159. The van der Waals surface area contributed by atoms with Gasteiger partial charge < -0.3 is 20.1 Å². The van der Waals surface area contributed by atoms with Crippen molar-refractivity contribution < 1.29 is 9.84 Å². The van der Waals surface area contributed by atoms with Crippen LogP contribution < -0.4 is 5.32 Å². The topological polar surface area (TPSA) is 70.5 Å². The summed E-state index contributed by atoms with van der Waals surface area (Å²) in [7, 11) is 1.74. The van der Waals surface area contributed by atoms with Crippen molar-refractivity contribution in [1.82, 2.24) is 14.9 Å². The maximum absolute atomic E-state index is 10.0. The lowest BCUT2D eigenvalue weighted by atomic mass is 10.1. The molecule has 2 N–H and O–H groups in total. The molecule has 1 saturated heterocycles. The standard InChI is InChI=1S/C19H26N4O2/c1-14-11-18(20-12-15-7-8-23(13-15)9-10-25-2)22-19(21-14)16-5-3-4-6-17(16)24/h3-6,11,15,24H,7-10,12-13H2,1-2H3,(H,20,21,22). The summed E-state index contributed by atoms with van der Waals surface area (Å²) in [5.41, 5.74) is 1.53. The molecule has 1 unspecified atom stereocenters. The van der Waals surface area contributed by atoms with Crippen molar-refractivity contribution in [1.29, 1.82) is 0 Å². The van der Waals surface area contributed by atoms with Crippen molar-refractivity contribution in [3.8, 4) is 17.1 Å². The molecule has 0 radical (unpaired) electrons. The normalized spacial score (nSPS) is 17.8. The van der Waals surface area contributed by atoms with Gasteiger partial charge in [0.2, 0.25) is 0 Å². The van der Waals surface area contributed by atoms with Gasteiger partial charge in [-0.1, -0.05) is 12.1 Å². The zero-order valence-electron chi connectivity index (χ0n) is 14.9. The van der Waals surface area contributed by atoms with E-state index in [1.165, 1.54) is 6.42 Å². The Labute approximate surface area is 148 Å². The Balaban J connectivity index is 1.63. The van der Waals surface area contributed by atoms with Crippen molar-refractivity contribution in [3.63, 3.8) is 0 Å². The molecule has 6 nitrogen and oxygen atoms in total. The minimum Gasteiger partial charge on any atom is -0.507 e. The second kappa shape index (κ2) is 8.27. The summed E-state index contributed by atoms with van der Waals surface area (Å²) in [6.45, 7) is 6.83. The molecule has 6 heteroatoms. The molecular formula is C19H26N4O2. The smallest absolute Gasteiger partial charge is 0.165 e. The molecule has 1 fully saturated rings. The Hall–Kier alpha value is -2.18. The van der Waals surface area contributed by atoms with E-state index in [0.29, 0.717) is 17.3 Å². The molecular weight excluding hydrogens is 316 g/mol. The summed E-state index contributed by atoms with van der Waals surface area (Å²) in [5.74, 6) is 2.17. The Kier molecular flexibility index (Phi) is 5.83. The first-order valence-corrected chi connectivity index (χ1v) is 8.75. The molecule has 3 rings (SSSR count). The van der Waals surface area contributed by atoms with Crippen molar-refractivity contribution in [2.24, 2.45) is 5.92 Å². The number of anilines is 1. The van der Waals surface area contributed by atoms with E-state index in [0.717, 1.165) is 44.3 Å². The van der Waals surface area contributed by atoms with Crippen molar-refractivity contribution in [3.05, 3.63) is 36.0 Å². The lowest BCUT2D eigenvalue weighted by Crippen LogP contribution is -2.26. The van der Waals surface area contributed by atoms with Crippen LogP contribution in [0.3, 0.4) is 0 Å². The molecule has 2 aromatic rings. The highest BCUT2D eigenvalue weighted by Gasteiger charge is 2.22. The number of hydrogen-bond donors (Lipinski definition) is 2. The number of aromatic nitrogens is 2. The molecule has 0 bridgehead atoms. The zero-order chi connectivity index (χ0) is 17.6. The molecule has 0 aliphatic carbocycles. The molecule has 2 heterocycles. The average Bonchev–Trinajstić information content (AvgIpc) is 3.06. The molecule has 1 aliphatic heterocycles. The van der Waals surface area contributed by atoms with E-state index in [1.807, 2.05) is 25.1 Å². The number of benzene rings is 1. The van der Waals surface area contributed by atoms with Crippen LogP contribution in [0.25, 0.3) is 11.4 Å². The van der Waals surface area contributed by atoms with Gasteiger partial charge in [-0.15, -0.1) is 0 Å². The molecule has 1 atom stereocenters. The quantitative estimate of drug-likeness (QED) is 0.806. The Bertz CT molecular complexity index is 708. The van der Waals surface area contributed by atoms with Gasteiger partial charge >= 0.3 is 0 Å². The average molecular weight is 342 g/mol. The van der Waals surface area contributed by atoms with Crippen LogP contribution in [0, 0.1) is 12.8 Å². The van der Waals surface area contributed by atoms with Gasteiger partial charge in [-0.25, -0.2) is 9.97 Å². The number of methoxy groups -OCH3 is 1. The van der Waals surface area contributed by atoms with Crippen LogP contribution in [0.4, 0.5) is 5.82 Å². The fraction of sp³-hybridized carbons (Fsp3) is 0.474. The van der Waals surface area contributed by atoms with Crippen molar-refractivity contribution >= 4 is 5.82 Å². The summed E-state index contributed by atoms with van der Waals surface area (Å²) in [6, 6.07) is 9.10. The fourth-order valence-electron chi connectivity index (χ4n) is 3.19. The Morgan fingerprint density at radius 3 is 2.96 bits per heavy atom. The third-order valence-electron chi connectivity index (χ3n) is 4.55. The van der Waals surface area contributed by atoms with Crippen LogP contribution in [0.2, 0.25) is 0 Å². The van der Waals surface area contributed by atoms with E-state index in [2.05, 4.69) is 20.2 Å². The zero-order valence-corrected chi connectivity index (χ0v) is 14.9. The van der Waals surface area contributed by atoms with Gasteiger partial charge in [-0.2, -0.15) is 0 Å². The van der Waals surface area contributed by atoms with Gasteiger partial charge in [0.05, 0.1) is 12.2 Å². The monoisotopic (exact) mass is 342 g/mol. The van der Waals surface area contributed by atoms with Gasteiger partial charge in [-0.05, 0) is 37.9 Å². The van der Waals surface area contributed by atoms with Crippen LogP contribution in [0.15, 0.2) is 30.3 Å². The van der Waals surface area contributed by atoms with Crippen LogP contribution in [0.5, 0.6) is 5.75 Å². The highest BCUT2D eigenvalue weighted by atomic mass is 16.5. The number of likely N-dealkylation sites (tertiary alicyclic amines) is 1. The van der Waals surface area contributed by atoms with E-state index in [-0.39, 0.29) is 5.75 Å². The molecule has 0 saturated carbocycles. The van der Waals surface area contributed by atoms with Gasteiger partial charge in [0.15, 0.2) is 5.82 Å². The number of para-hydroxylation sites is 1. The van der Waals surface area contributed by atoms with E-state index in [4.69, 9.17) is 4.74 Å². The van der Waals surface area contributed by atoms with E-state index in [1.54, 1.807) is 19.2 Å². The fourth-order valence-corrected chi connectivity index (χ4v) is 3.19. The summed E-state index contributed by atoms with van der Waals surface area (Å²) >= 11 is 0. The van der Waals surface area contributed by atoms with Crippen molar-refractivity contribution in [2.45, 2.75) is 13.3 Å². The highest BCUT2D eigenvalue weighted by molar-refractivity contribution is 5.64. The minimum absolute atomic E-state index is 0.198. The van der Waals surface area contributed by atoms with Crippen LogP contribution in [0.1, 0.15) is 12.1 Å². The largest absolute Gasteiger partial charge is 0.507 e. The molecule has 134 valence electrons. The number of hydrogen-bond acceptors (Lipinski definition) is 6. The number of aromatic hydroxyl groups is 1. The SMILES string of the molecule is COCCN1CCC(CNc2cc(C)nc(-c3ccccc3O)n2)C1. The van der Waals surface area contributed by atoms with Gasteiger partial charge in [-0.3, -0.25) is 0 Å². The maximum Gasteiger partial charge on any atom is 0.165 e. The first-order chi connectivity index (χ1) is 12.2. The minimum atomic E-state index is 0.198. The number of nitrogens with zero attached hydrogens (tertiary/aromatic N) is 3. The van der Waals surface area contributed by atoms with Crippen LogP contribution >= 0.6 is 0 Å². The molecule has 1 aliphatic rings. The van der Waals surface area contributed by atoms with Gasteiger partial charge in [0.25, 0.3) is 0 Å². The third kappa shape index (κ3) is 4.67. The number of phenols is 1. The molecule has 0 amide bonds. The molecule has 1 aromatic carbocycles. The van der Waals surface area contributed by atoms with Crippen molar-refractivity contribution in [2.75, 3.05) is 45.2 Å². The third-order valence-corrected chi connectivity index (χ3v) is 4.55. The molecule has 25 heavy (non-hydrogen) atoms. The summed E-state index contributed by atoms with van der Waals surface area (Å²) in [4.78, 5) is 11.5. The van der Waals surface area contributed by atoms with Crippen LogP contribution in [-0.4, -0.2) is 59.9 Å². The predicted molar refractivity (Wildman–Crippen MR) is 98.8 cm³/mol. The molecule has 0 spiro atoms. The second-order valence-electron chi connectivity index (χ2n) is 6.56. The first kappa shape index (κ1) is 17.6. The highest BCUT2D eigenvalue weighted by Crippen LogP contribution is 2.27. The number of ether oxygens (including phenoxy) is 1. The van der Waals surface area contributed by atoms with Gasteiger partial charge in [0.1, 0.15) is 11.6 Å². The second-order valence-corrected chi connectivity index (χ2v) is 6.56. The summed E-state index contributed by atoms with van der Waals surface area (Å²) in [6.07, 6.45) is 1.19. The maximum atomic E-state index is 10.0. The first-order valence-electron chi connectivity index (χ1n) is 8.75. The molecule has 1 aromatic heterocycles. The Morgan fingerprint density at radius 2 is 2.16 bits per heavy atom. The van der Waals surface area contributed by atoms with Crippen LogP contribution in [-0.2, 0) is 4.74 Å². The number of rotatable bonds is 7. The number of phenolic OH excluding ortho intramolecular Hbond substituents is 1.